The van der Waals surface area contributed by atoms with Gasteiger partial charge in [-0.15, -0.1) is 5.10 Å². The van der Waals surface area contributed by atoms with Gasteiger partial charge in [-0.3, -0.25) is 4.79 Å². The smallest absolute Gasteiger partial charge is 0.168 e. The lowest BCUT2D eigenvalue weighted by Crippen LogP contribution is -2.19. The van der Waals surface area contributed by atoms with Gasteiger partial charge in [-0.05, 0) is 55.7 Å². The van der Waals surface area contributed by atoms with Crippen molar-refractivity contribution in [3.8, 4) is 11.4 Å². The molecule has 0 saturated heterocycles. The topological polar surface area (TPSA) is 56.1 Å². The first-order chi connectivity index (χ1) is 13.2. The van der Waals surface area contributed by atoms with Crippen molar-refractivity contribution >= 4 is 17.3 Å². The molecule has 0 aliphatic heterocycles. The molecule has 0 fully saturated rings. The Morgan fingerprint density at radius 3 is 2.56 bits per heavy atom. The van der Waals surface area contributed by atoms with E-state index in [-0.39, 0.29) is 5.78 Å². The van der Waals surface area contributed by atoms with Crippen LogP contribution in [-0.2, 0) is 6.42 Å². The van der Waals surface area contributed by atoms with E-state index < -0.39 is 0 Å². The molecule has 27 heavy (non-hydrogen) atoms. The molecule has 3 aromatic rings. The highest BCUT2D eigenvalue weighted by molar-refractivity contribution is 6.03. The van der Waals surface area contributed by atoms with Crippen LogP contribution in [0.3, 0.4) is 0 Å². The first-order valence-corrected chi connectivity index (χ1v) is 9.36. The molecule has 5 heteroatoms. The van der Waals surface area contributed by atoms with Gasteiger partial charge in [-0.25, -0.2) is 4.68 Å². The Balaban J connectivity index is 1.73. The Labute approximate surface area is 159 Å². The number of carbonyl (C=O) groups is 1. The summed E-state index contributed by atoms with van der Waals surface area (Å²) >= 11 is 0. The molecular formula is C22H23N3O2. The van der Waals surface area contributed by atoms with Crippen LogP contribution in [0.1, 0.15) is 36.3 Å². The van der Waals surface area contributed by atoms with Gasteiger partial charge < -0.3 is 10.1 Å². The number of aromatic nitrogens is 2. The van der Waals surface area contributed by atoms with E-state index in [0.29, 0.717) is 30.3 Å². The van der Waals surface area contributed by atoms with Crippen LogP contribution in [0.5, 0.6) is 5.75 Å². The van der Waals surface area contributed by atoms with E-state index in [1.807, 2.05) is 66.2 Å². The average molecular weight is 361 g/mol. The van der Waals surface area contributed by atoms with Crippen LogP contribution in [0, 0.1) is 5.92 Å². The zero-order chi connectivity index (χ0) is 18.8. The lowest BCUT2D eigenvalue weighted by atomic mass is 9.87. The molecule has 1 atom stereocenters. The molecule has 1 aliphatic carbocycles. The molecule has 1 aliphatic rings. The lowest BCUT2D eigenvalue weighted by Gasteiger charge is -2.19. The Bertz CT molecular complexity index is 946. The van der Waals surface area contributed by atoms with E-state index in [4.69, 9.17) is 9.84 Å². The number of ether oxygens (including phenoxy) is 1. The lowest BCUT2D eigenvalue weighted by molar-refractivity contribution is 0.0953. The molecule has 0 amide bonds. The molecule has 0 bridgehead atoms. The number of ketones is 1. The molecule has 4 rings (SSSR count). The van der Waals surface area contributed by atoms with Crippen LogP contribution in [0.4, 0.5) is 11.5 Å². The fraction of sp³-hybridized carbons (Fsp3) is 0.273. The first-order valence-electron chi connectivity index (χ1n) is 9.36. The molecule has 138 valence electrons. The van der Waals surface area contributed by atoms with Gasteiger partial charge >= 0.3 is 0 Å². The predicted molar refractivity (Wildman–Crippen MR) is 106 cm³/mol. The fourth-order valence-electron chi connectivity index (χ4n) is 3.56. The SMILES string of the molecule is CCOc1ccc(Nc2nn(-c3ccccc3)c3c2C(=O)C[C@H](C)C3)cc1. The quantitative estimate of drug-likeness (QED) is 0.710. The molecule has 1 aromatic heterocycles. The number of carbonyl (C=O) groups excluding carboxylic acids is 1. The van der Waals surface area contributed by atoms with E-state index in [2.05, 4.69) is 12.2 Å². The van der Waals surface area contributed by atoms with Gasteiger partial charge in [0.1, 0.15) is 5.75 Å². The number of rotatable bonds is 5. The molecule has 0 unspecified atom stereocenters. The van der Waals surface area contributed by atoms with Crippen molar-refractivity contribution < 1.29 is 9.53 Å². The second kappa shape index (κ2) is 7.27. The third kappa shape index (κ3) is 3.45. The van der Waals surface area contributed by atoms with Crippen molar-refractivity contribution in [3.05, 3.63) is 65.9 Å². The highest BCUT2D eigenvalue weighted by Gasteiger charge is 2.31. The summed E-state index contributed by atoms with van der Waals surface area (Å²) in [4.78, 5) is 12.8. The Morgan fingerprint density at radius 2 is 1.85 bits per heavy atom. The molecule has 1 heterocycles. The minimum Gasteiger partial charge on any atom is -0.494 e. The Morgan fingerprint density at radius 1 is 1.11 bits per heavy atom. The van der Waals surface area contributed by atoms with Crippen molar-refractivity contribution in [3.63, 3.8) is 0 Å². The maximum atomic E-state index is 12.8. The number of hydrogen-bond donors (Lipinski definition) is 1. The van der Waals surface area contributed by atoms with Gasteiger partial charge in [-0.1, -0.05) is 25.1 Å². The molecule has 0 spiro atoms. The van der Waals surface area contributed by atoms with Crippen molar-refractivity contribution in [2.45, 2.75) is 26.7 Å². The van der Waals surface area contributed by atoms with Crippen LogP contribution in [0.2, 0.25) is 0 Å². The largest absolute Gasteiger partial charge is 0.494 e. The van der Waals surface area contributed by atoms with Crippen LogP contribution in [-0.4, -0.2) is 22.2 Å². The fourth-order valence-corrected chi connectivity index (χ4v) is 3.56. The van der Waals surface area contributed by atoms with Crippen LogP contribution in [0.15, 0.2) is 54.6 Å². The number of Topliss-reactive ketones (excluding diaryl/α,β-unsaturated/α-hetero) is 1. The van der Waals surface area contributed by atoms with Gasteiger partial charge in [0.25, 0.3) is 0 Å². The highest BCUT2D eigenvalue weighted by atomic mass is 16.5. The zero-order valence-corrected chi connectivity index (χ0v) is 15.6. The second-order valence-electron chi connectivity index (χ2n) is 6.94. The van der Waals surface area contributed by atoms with E-state index >= 15 is 0 Å². The normalized spacial score (nSPS) is 16.1. The van der Waals surface area contributed by atoms with E-state index in [0.717, 1.165) is 29.2 Å². The van der Waals surface area contributed by atoms with Crippen LogP contribution in [0.25, 0.3) is 5.69 Å². The van der Waals surface area contributed by atoms with Crippen molar-refractivity contribution in [2.24, 2.45) is 5.92 Å². The zero-order valence-electron chi connectivity index (χ0n) is 15.6. The third-order valence-electron chi connectivity index (χ3n) is 4.76. The Kier molecular flexibility index (Phi) is 4.67. The van der Waals surface area contributed by atoms with Gasteiger partial charge in [0.2, 0.25) is 0 Å². The van der Waals surface area contributed by atoms with Crippen molar-refractivity contribution in [2.75, 3.05) is 11.9 Å². The van der Waals surface area contributed by atoms with E-state index in [9.17, 15) is 4.79 Å². The van der Waals surface area contributed by atoms with Gasteiger partial charge in [-0.2, -0.15) is 0 Å². The van der Waals surface area contributed by atoms with E-state index in [1.54, 1.807) is 0 Å². The van der Waals surface area contributed by atoms with Crippen molar-refractivity contribution in [1.82, 2.24) is 9.78 Å². The number of anilines is 2. The minimum atomic E-state index is 0.152. The summed E-state index contributed by atoms with van der Waals surface area (Å²) in [5.41, 5.74) is 3.55. The first kappa shape index (κ1) is 17.3. The molecule has 0 radical (unpaired) electrons. The number of para-hydroxylation sites is 1. The van der Waals surface area contributed by atoms with Gasteiger partial charge in [0.15, 0.2) is 11.6 Å². The molecule has 2 aromatic carbocycles. The molecule has 1 N–H and O–H groups in total. The standard InChI is InChI=1S/C22H23N3O2/c1-3-27-18-11-9-16(10-12-18)23-22-21-19(13-15(2)14-20(21)26)25(24-22)17-7-5-4-6-8-17/h4-12,15H,3,13-14H2,1-2H3,(H,23,24)/t15-/m1/s1. The van der Waals surface area contributed by atoms with E-state index in [1.165, 1.54) is 0 Å². The maximum absolute atomic E-state index is 12.8. The Hall–Kier alpha value is -3.08. The third-order valence-corrected chi connectivity index (χ3v) is 4.76. The number of nitrogens with one attached hydrogen (secondary N) is 1. The number of hydrogen-bond acceptors (Lipinski definition) is 4. The summed E-state index contributed by atoms with van der Waals surface area (Å²) < 4.78 is 7.39. The predicted octanol–water partition coefficient (Wildman–Crippen LogP) is 4.78. The second-order valence-corrected chi connectivity index (χ2v) is 6.94. The summed E-state index contributed by atoms with van der Waals surface area (Å²) in [6, 6.07) is 17.7. The summed E-state index contributed by atoms with van der Waals surface area (Å²) in [6.07, 6.45) is 1.40. The molecular weight excluding hydrogens is 338 g/mol. The number of fused-ring (bicyclic) bond motifs is 1. The number of benzene rings is 2. The minimum absolute atomic E-state index is 0.152. The van der Waals surface area contributed by atoms with Gasteiger partial charge in [0, 0.05) is 12.1 Å². The average Bonchev–Trinajstić information content (AvgIpc) is 3.02. The van der Waals surface area contributed by atoms with Crippen molar-refractivity contribution in [1.29, 1.82) is 0 Å². The summed E-state index contributed by atoms with van der Waals surface area (Å²) in [5, 5.41) is 8.08. The summed E-state index contributed by atoms with van der Waals surface area (Å²) in [6.45, 7) is 4.71. The van der Waals surface area contributed by atoms with Gasteiger partial charge in [0.05, 0.1) is 23.6 Å². The number of nitrogens with zero attached hydrogens (tertiary/aromatic N) is 2. The maximum Gasteiger partial charge on any atom is 0.168 e. The summed E-state index contributed by atoms with van der Waals surface area (Å²) in [5.74, 6) is 1.92. The molecule has 0 saturated carbocycles. The van der Waals surface area contributed by atoms with Crippen LogP contribution < -0.4 is 10.1 Å². The monoisotopic (exact) mass is 361 g/mol. The molecule has 5 nitrogen and oxygen atoms in total. The highest BCUT2D eigenvalue weighted by Crippen LogP contribution is 2.34. The summed E-state index contributed by atoms with van der Waals surface area (Å²) in [7, 11) is 0. The van der Waals surface area contributed by atoms with Crippen LogP contribution >= 0.6 is 0 Å².